The summed E-state index contributed by atoms with van der Waals surface area (Å²) in [5, 5.41) is 0. The second kappa shape index (κ2) is 5.77. The molecule has 0 N–H and O–H groups in total. The Bertz CT molecular complexity index is 402. The van der Waals surface area contributed by atoms with Gasteiger partial charge in [0.05, 0.1) is 12.7 Å². The zero-order valence-corrected chi connectivity index (χ0v) is 10.5. The predicted molar refractivity (Wildman–Crippen MR) is 62.9 cm³/mol. The van der Waals surface area contributed by atoms with Gasteiger partial charge in [0.2, 0.25) is 0 Å². The number of benzene rings is 1. The fourth-order valence-electron chi connectivity index (χ4n) is 1.69. The molecule has 4 heteroatoms. The van der Waals surface area contributed by atoms with Crippen LogP contribution in [-0.2, 0) is 4.74 Å². The van der Waals surface area contributed by atoms with Gasteiger partial charge in [-0.15, -0.1) is 0 Å². The highest BCUT2D eigenvalue weighted by Crippen LogP contribution is 2.23. The molecule has 0 heterocycles. The topological polar surface area (TPSA) is 35.5 Å². The SMILES string of the molecule is COc1cccc(C(=O)C(OC)C(C)C)c1F. The molecule has 0 radical (unpaired) electrons. The monoisotopic (exact) mass is 240 g/mol. The van der Waals surface area contributed by atoms with Gasteiger partial charge in [-0.1, -0.05) is 19.9 Å². The molecule has 1 unspecified atom stereocenters. The molecular formula is C13H17FO3. The number of hydrogen-bond acceptors (Lipinski definition) is 3. The highest BCUT2D eigenvalue weighted by atomic mass is 19.1. The van der Waals surface area contributed by atoms with E-state index >= 15 is 0 Å². The van der Waals surface area contributed by atoms with Crippen LogP contribution in [0.2, 0.25) is 0 Å². The van der Waals surface area contributed by atoms with Crippen LogP contribution >= 0.6 is 0 Å². The highest BCUT2D eigenvalue weighted by Gasteiger charge is 2.26. The molecule has 0 fully saturated rings. The fraction of sp³-hybridized carbons (Fsp3) is 0.462. The normalized spacial score (nSPS) is 12.6. The average Bonchev–Trinajstić information content (AvgIpc) is 2.29. The first-order chi connectivity index (χ1) is 8.02. The summed E-state index contributed by atoms with van der Waals surface area (Å²) in [5.74, 6) is -0.950. The lowest BCUT2D eigenvalue weighted by Crippen LogP contribution is -2.29. The zero-order chi connectivity index (χ0) is 13.0. The molecule has 0 saturated heterocycles. The molecule has 1 aromatic rings. The van der Waals surface area contributed by atoms with Crippen LogP contribution in [0.15, 0.2) is 18.2 Å². The van der Waals surface area contributed by atoms with Gasteiger partial charge in [0.15, 0.2) is 17.3 Å². The van der Waals surface area contributed by atoms with Gasteiger partial charge in [-0.2, -0.15) is 0 Å². The second-order valence-corrected chi connectivity index (χ2v) is 4.09. The van der Waals surface area contributed by atoms with Crippen molar-refractivity contribution < 1.29 is 18.7 Å². The quantitative estimate of drug-likeness (QED) is 0.742. The van der Waals surface area contributed by atoms with Crippen LogP contribution in [0.5, 0.6) is 5.75 Å². The summed E-state index contributed by atoms with van der Waals surface area (Å²) in [6, 6.07) is 4.50. The maximum atomic E-state index is 13.9. The van der Waals surface area contributed by atoms with Gasteiger partial charge in [0.25, 0.3) is 0 Å². The number of carbonyl (C=O) groups excluding carboxylic acids is 1. The van der Waals surface area contributed by atoms with E-state index in [9.17, 15) is 9.18 Å². The molecule has 17 heavy (non-hydrogen) atoms. The molecule has 0 spiro atoms. The van der Waals surface area contributed by atoms with E-state index in [2.05, 4.69) is 0 Å². The zero-order valence-electron chi connectivity index (χ0n) is 10.5. The summed E-state index contributed by atoms with van der Waals surface area (Å²) >= 11 is 0. The van der Waals surface area contributed by atoms with E-state index in [-0.39, 0.29) is 23.0 Å². The molecule has 0 aromatic heterocycles. The summed E-state index contributed by atoms with van der Waals surface area (Å²) in [4.78, 5) is 12.1. The van der Waals surface area contributed by atoms with Gasteiger partial charge < -0.3 is 9.47 Å². The van der Waals surface area contributed by atoms with E-state index in [1.807, 2.05) is 13.8 Å². The standard InChI is InChI=1S/C13H17FO3/c1-8(2)13(17-4)12(15)9-6-5-7-10(16-3)11(9)14/h5-8,13H,1-4H3. The molecule has 94 valence electrons. The Labute approximate surface area is 101 Å². The fourth-order valence-corrected chi connectivity index (χ4v) is 1.69. The Balaban J connectivity index is 3.11. The third kappa shape index (κ3) is 2.82. The van der Waals surface area contributed by atoms with Crippen LogP contribution in [0, 0.1) is 11.7 Å². The summed E-state index contributed by atoms with van der Waals surface area (Å²) in [6.07, 6.45) is -0.642. The second-order valence-electron chi connectivity index (χ2n) is 4.09. The number of halogens is 1. The number of carbonyl (C=O) groups is 1. The van der Waals surface area contributed by atoms with Crippen molar-refractivity contribution in [3.05, 3.63) is 29.6 Å². The molecule has 0 aliphatic carbocycles. The minimum atomic E-state index is -0.642. The van der Waals surface area contributed by atoms with Crippen LogP contribution in [0.25, 0.3) is 0 Å². The average molecular weight is 240 g/mol. The van der Waals surface area contributed by atoms with E-state index in [1.165, 1.54) is 26.4 Å². The number of Topliss-reactive ketones (excluding diaryl/α,β-unsaturated/α-hetero) is 1. The molecule has 0 bridgehead atoms. The smallest absolute Gasteiger partial charge is 0.194 e. The van der Waals surface area contributed by atoms with Gasteiger partial charge in [-0.3, -0.25) is 4.79 Å². The van der Waals surface area contributed by atoms with Crippen LogP contribution in [0.3, 0.4) is 0 Å². The van der Waals surface area contributed by atoms with Crippen LogP contribution < -0.4 is 4.74 Å². The largest absolute Gasteiger partial charge is 0.494 e. The van der Waals surface area contributed by atoms with E-state index in [0.717, 1.165) is 0 Å². The van der Waals surface area contributed by atoms with E-state index in [4.69, 9.17) is 9.47 Å². The molecular weight excluding hydrogens is 223 g/mol. The highest BCUT2D eigenvalue weighted by molar-refractivity contribution is 6.00. The summed E-state index contributed by atoms with van der Waals surface area (Å²) < 4.78 is 23.8. The number of rotatable bonds is 5. The summed E-state index contributed by atoms with van der Waals surface area (Å²) in [7, 11) is 2.81. The Morgan fingerprint density at radius 3 is 2.41 bits per heavy atom. The van der Waals surface area contributed by atoms with Crippen molar-refractivity contribution in [2.75, 3.05) is 14.2 Å². The molecule has 0 aliphatic heterocycles. The molecule has 1 atom stereocenters. The molecule has 0 aliphatic rings. The van der Waals surface area contributed by atoms with Crippen molar-refractivity contribution >= 4 is 5.78 Å². The number of hydrogen-bond donors (Lipinski definition) is 0. The molecule has 1 rings (SSSR count). The van der Waals surface area contributed by atoms with E-state index < -0.39 is 11.9 Å². The minimum absolute atomic E-state index is 0.00454. The van der Waals surface area contributed by atoms with Gasteiger partial charge >= 0.3 is 0 Å². The lowest BCUT2D eigenvalue weighted by atomic mass is 9.97. The molecule has 1 aromatic carbocycles. The lowest BCUT2D eigenvalue weighted by molar-refractivity contribution is 0.0454. The maximum Gasteiger partial charge on any atom is 0.194 e. The first kappa shape index (κ1) is 13.6. The number of methoxy groups -OCH3 is 2. The van der Waals surface area contributed by atoms with Crippen molar-refractivity contribution in [1.82, 2.24) is 0 Å². The van der Waals surface area contributed by atoms with Crippen molar-refractivity contribution in [3.63, 3.8) is 0 Å². The Kier molecular flexibility index (Phi) is 4.63. The van der Waals surface area contributed by atoms with Crippen molar-refractivity contribution in [2.45, 2.75) is 20.0 Å². The molecule has 0 saturated carbocycles. The molecule has 0 amide bonds. The van der Waals surface area contributed by atoms with Crippen molar-refractivity contribution in [2.24, 2.45) is 5.92 Å². The first-order valence-corrected chi connectivity index (χ1v) is 5.42. The first-order valence-electron chi connectivity index (χ1n) is 5.42. The van der Waals surface area contributed by atoms with Gasteiger partial charge in [0, 0.05) is 7.11 Å². The third-order valence-corrected chi connectivity index (χ3v) is 2.57. The lowest BCUT2D eigenvalue weighted by Gasteiger charge is -2.18. The van der Waals surface area contributed by atoms with Crippen LogP contribution in [-0.4, -0.2) is 26.1 Å². The van der Waals surface area contributed by atoms with Crippen molar-refractivity contribution in [3.8, 4) is 5.75 Å². The summed E-state index contributed by atoms with van der Waals surface area (Å²) in [6.45, 7) is 3.70. The Morgan fingerprint density at radius 1 is 1.29 bits per heavy atom. The van der Waals surface area contributed by atoms with Gasteiger partial charge in [0.1, 0.15) is 6.10 Å². The minimum Gasteiger partial charge on any atom is -0.494 e. The van der Waals surface area contributed by atoms with E-state index in [1.54, 1.807) is 6.07 Å². The maximum absolute atomic E-state index is 13.9. The van der Waals surface area contributed by atoms with Crippen LogP contribution in [0.4, 0.5) is 4.39 Å². The predicted octanol–water partition coefficient (Wildman–Crippen LogP) is 2.69. The van der Waals surface area contributed by atoms with Gasteiger partial charge in [-0.05, 0) is 18.1 Å². The number of ketones is 1. The van der Waals surface area contributed by atoms with Crippen LogP contribution in [0.1, 0.15) is 24.2 Å². The van der Waals surface area contributed by atoms with E-state index in [0.29, 0.717) is 0 Å². The van der Waals surface area contributed by atoms with Crippen molar-refractivity contribution in [1.29, 1.82) is 0 Å². The Morgan fingerprint density at radius 2 is 1.94 bits per heavy atom. The number of ether oxygens (including phenoxy) is 2. The van der Waals surface area contributed by atoms with Gasteiger partial charge in [-0.25, -0.2) is 4.39 Å². The summed E-state index contributed by atoms with van der Waals surface area (Å²) in [5.41, 5.74) is 0.00454. The molecule has 3 nitrogen and oxygen atoms in total. The Hall–Kier alpha value is -1.42. The third-order valence-electron chi connectivity index (χ3n) is 2.57.